The van der Waals surface area contributed by atoms with Crippen LogP contribution in [0, 0.1) is 0 Å². The number of hydrogen-bond donors (Lipinski definition) is 2. The molecular weight excluding hydrogens is 257 g/mol. The number of carbonyl (C=O) groups excluding carboxylic acids is 1. The van der Waals surface area contributed by atoms with Gasteiger partial charge in [0, 0.05) is 0 Å². The summed E-state index contributed by atoms with van der Waals surface area (Å²) in [6.07, 6.45) is 1.29. The molecule has 0 aliphatic carbocycles. The van der Waals surface area contributed by atoms with Gasteiger partial charge in [0.1, 0.15) is 0 Å². The first-order chi connectivity index (χ1) is 5.25. The Kier molecular flexibility index (Phi) is 3.74. The van der Waals surface area contributed by atoms with Crippen molar-refractivity contribution in [2.45, 2.75) is 25.0 Å². The van der Waals surface area contributed by atoms with Crippen molar-refractivity contribution in [1.82, 2.24) is 5.32 Å². The van der Waals surface area contributed by atoms with Crippen LogP contribution >= 0.6 is 0 Å². The van der Waals surface area contributed by atoms with Crippen LogP contribution in [0.25, 0.3) is 0 Å². The minimum atomic E-state index is -0.727. The normalized spacial score (nSPS) is 27.3. The second-order valence-electron chi connectivity index (χ2n) is 2.64. The van der Waals surface area contributed by atoms with Gasteiger partial charge in [-0.3, -0.25) is 0 Å². The molecule has 2 atom stereocenters. The van der Waals surface area contributed by atoms with Gasteiger partial charge in [0.15, 0.2) is 0 Å². The van der Waals surface area contributed by atoms with Gasteiger partial charge in [0.25, 0.3) is 0 Å². The Morgan fingerprint density at radius 1 is 1.82 bits per heavy atom. The Morgan fingerprint density at radius 2 is 2.55 bits per heavy atom. The Morgan fingerprint density at radius 3 is 3.00 bits per heavy atom. The minimum absolute atomic E-state index is 0.0437. The summed E-state index contributed by atoms with van der Waals surface area (Å²) in [4.78, 5) is 12.9. The van der Waals surface area contributed by atoms with E-state index in [1.807, 2.05) is 4.93 Å². The predicted octanol–water partition coefficient (Wildman–Crippen LogP) is -3.66. The molecule has 0 bridgehead atoms. The SMILES string of the molecule is C[I-]C(=O)C(O)C1CCCN1. The van der Waals surface area contributed by atoms with Crippen LogP contribution in [-0.2, 0) is 4.79 Å². The van der Waals surface area contributed by atoms with Crippen molar-refractivity contribution in [3.63, 3.8) is 0 Å². The summed E-state index contributed by atoms with van der Waals surface area (Å²) in [5.74, 6) is 0. The Balaban J connectivity index is 2.39. The third kappa shape index (κ3) is 2.38. The van der Waals surface area contributed by atoms with Crippen LogP contribution in [0.4, 0.5) is 0 Å². The van der Waals surface area contributed by atoms with Crippen molar-refractivity contribution in [1.29, 1.82) is 0 Å². The maximum absolute atomic E-state index is 11.1. The molecule has 2 N–H and O–H groups in total. The topological polar surface area (TPSA) is 49.3 Å². The van der Waals surface area contributed by atoms with Crippen LogP contribution in [0.1, 0.15) is 12.8 Å². The van der Waals surface area contributed by atoms with E-state index in [2.05, 4.69) is 5.32 Å². The number of halogens is 1. The number of hydrogen-bond acceptors (Lipinski definition) is 3. The molecule has 11 heavy (non-hydrogen) atoms. The Hall–Kier alpha value is 0.320. The molecule has 0 amide bonds. The molecule has 1 fully saturated rings. The van der Waals surface area contributed by atoms with Crippen LogP contribution in [0.5, 0.6) is 0 Å². The molecule has 0 aromatic carbocycles. The molecule has 0 radical (unpaired) electrons. The average molecular weight is 270 g/mol. The molecule has 2 unspecified atom stereocenters. The second-order valence-corrected chi connectivity index (χ2v) is 4.78. The first-order valence-corrected chi connectivity index (χ1v) is 6.94. The molecule has 1 saturated heterocycles. The zero-order valence-corrected chi connectivity index (χ0v) is 8.67. The molecule has 66 valence electrons. The van der Waals surface area contributed by atoms with E-state index in [9.17, 15) is 9.90 Å². The van der Waals surface area contributed by atoms with Gasteiger partial charge in [0.05, 0.1) is 0 Å². The molecular formula is C7H13INO2-. The maximum atomic E-state index is 11.1. The molecule has 1 heterocycles. The average Bonchev–Trinajstić information content (AvgIpc) is 2.53. The Bertz CT molecular complexity index is 145. The van der Waals surface area contributed by atoms with Gasteiger partial charge in [-0.1, -0.05) is 0 Å². The standard InChI is InChI=1S/C7H13INO2/c1-8-7(11)6(10)5-3-2-4-9-5/h5-6,9-10H,2-4H2,1H3/q-1. The number of aliphatic hydroxyl groups excluding tert-OH is 1. The van der Waals surface area contributed by atoms with Crippen molar-refractivity contribution in [2.24, 2.45) is 0 Å². The third-order valence-electron chi connectivity index (χ3n) is 1.90. The summed E-state index contributed by atoms with van der Waals surface area (Å²) in [6.45, 7) is 0.942. The third-order valence-corrected chi connectivity index (χ3v) is 3.60. The van der Waals surface area contributed by atoms with Gasteiger partial charge in [-0.25, -0.2) is 0 Å². The van der Waals surface area contributed by atoms with Crippen LogP contribution in [0.15, 0.2) is 0 Å². The fourth-order valence-electron chi connectivity index (χ4n) is 1.25. The Labute approximate surface area is 76.8 Å². The van der Waals surface area contributed by atoms with E-state index >= 15 is 0 Å². The predicted molar refractivity (Wildman–Crippen MR) is 38.0 cm³/mol. The first-order valence-electron chi connectivity index (χ1n) is 3.70. The van der Waals surface area contributed by atoms with Crippen LogP contribution in [-0.4, -0.2) is 32.5 Å². The zero-order valence-electron chi connectivity index (χ0n) is 6.51. The fraction of sp³-hybridized carbons (Fsp3) is 0.857. The van der Waals surface area contributed by atoms with E-state index in [4.69, 9.17) is 0 Å². The van der Waals surface area contributed by atoms with Crippen molar-refractivity contribution in [3.05, 3.63) is 0 Å². The van der Waals surface area contributed by atoms with Crippen LogP contribution < -0.4 is 26.5 Å². The van der Waals surface area contributed by atoms with E-state index < -0.39 is 27.3 Å². The first kappa shape index (κ1) is 9.41. The molecule has 3 nitrogen and oxygen atoms in total. The van der Waals surface area contributed by atoms with Crippen molar-refractivity contribution in [2.75, 3.05) is 11.5 Å². The monoisotopic (exact) mass is 270 g/mol. The molecule has 1 aliphatic rings. The molecule has 1 rings (SSSR count). The van der Waals surface area contributed by atoms with Gasteiger partial charge in [-0.05, 0) is 0 Å². The molecule has 4 heteroatoms. The molecule has 0 saturated carbocycles. The molecule has 0 aromatic heterocycles. The van der Waals surface area contributed by atoms with Gasteiger partial charge >= 0.3 is 76.7 Å². The van der Waals surface area contributed by atoms with Crippen LogP contribution in [0.2, 0.25) is 0 Å². The van der Waals surface area contributed by atoms with E-state index in [0.717, 1.165) is 19.4 Å². The molecule has 0 spiro atoms. The molecule has 0 aromatic rings. The summed E-state index contributed by atoms with van der Waals surface area (Å²) in [7, 11) is 0. The summed E-state index contributed by atoms with van der Waals surface area (Å²) < 4.78 is 0.0585. The number of carbonyl (C=O) groups is 1. The summed E-state index contributed by atoms with van der Waals surface area (Å²) >= 11 is -0.443. The fourth-order valence-corrected chi connectivity index (χ4v) is 2.32. The number of aliphatic hydroxyl groups is 1. The number of rotatable bonds is 3. The van der Waals surface area contributed by atoms with Gasteiger partial charge in [-0.2, -0.15) is 0 Å². The second kappa shape index (κ2) is 4.37. The summed E-state index contributed by atoms with van der Waals surface area (Å²) in [5.41, 5.74) is 0. The quantitative estimate of drug-likeness (QED) is 0.316. The van der Waals surface area contributed by atoms with Crippen molar-refractivity contribution in [3.8, 4) is 0 Å². The molecule has 1 aliphatic heterocycles. The van der Waals surface area contributed by atoms with E-state index in [1.165, 1.54) is 0 Å². The van der Waals surface area contributed by atoms with Gasteiger partial charge in [0.2, 0.25) is 0 Å². The van der Waals surface area contributed by atoms with Crippen LogP contribution in [0.3, 0.4) is 0 Å². The van der Waals surface area contributed by atoms with Crippen molar-refractivity contribution >= 4 is 3.79 Å². The van der Waals surface area contributed by atoms with E-state index in [-0.39, 0.29) is 9.83 Å². The zero-order chi connectivity index (χ0) is 8.27. The number of alkyl halides is 1. The van der Waals surface area contributed by atoms with E-state index in [0.29, 0.717) is 0 Å². The number of nitrogens with one attached hydrogen (secondary N) is 1. The van der Waals surface area contributed by atoms with Gasteiger partial charge in [-0.15, -0.1) is 0 Å². The van der Waals surface area contributed by atoms with E-state index in [1.54, 1.807) is 0 Å². The van der Waals surface area contributed by atoms with Crippen molar-refractivity contribution < 1.29 is 31.1 Å². The summed E-state index contributed by atoms with van der Waals surface area (Å²) in [6, 6.07) is 0.0437. The summed E-state index contributed by atoms with van der Waals surface area (Å²) in [5, 5.41) is 12.6. The van der Waals surface area contributed by atoms with Gasteiger partial charge < -0.3 is 0 Å².